The highest BCUT2D eigenvalue weighted by molar-refractivity contribution is 7.80. The highest BCUT2D eigenvalue weighted by Gasteiger charge is 2.14. The Morgan fingerprint density at radius 2 is 1.84 bits per heavy atom. The van der Waals surface area contributed by atoms with E-state index in [9.17, 15) is 0 Å². The van der Waals surface area contributed by atoms with E-state index in [2.05, 4.69) is 55.3 Å². The highest BCUT2D eigenvalue weighted by atomic mass is 35.5. The molecular weight excluding hydrogens is 446 g/mol. The third-order valence-electron chi connectivity index (χ3n) is 4.36. The van der Waals surface area contributed by atoms with Gasteiger partial charge in [0.2, 0.25) is 0 Å². The summed E-state index contributed by atoms with van der Waals surface area (Å²) in [5.74, 6) is 1.74. The standard InChI is InChI=1S/C24H30ClN3O3S/c1-6-11-26-23(32)28-27-16-17-14-20(25)22(21(15-17)29-5)31-13-12-30-19-9-7-18(8-10-19)24(2,3)4/h6-10,14-16H,1,11-13H2,2-5H3,(H2,26,28,32)/b27-16+. The van der Waals surface area contributed by atoms with E-state index < -0.39 is 0 Å². The number of halogens is 1. The van der Waals surface area contributed by atoms with Crippen molar-refractivity contribution in [3.63, 3.8) is 0 Å². The summed E-state index contributed by atoms with van der Waals surface area (Å²) in [4.78, 5) is 0. The molecule has 8 heteroatoms. The first-order chi connectivity index (χ1) is 15.2. The topological polar surface area (TPSA) is 64.1 Å². The lowest BCUT2D eigenvalue weighted by Gasteiger charge is -2.19. The molecule has 0 unspecified atom stereocenters. The number of benzene rings is 2. The van der Waals surface area contributed by atoms with E-state index in [1.54, 1.807) is 31.5 Å². The summed E-state index contributed by atoms with van der Waals surface area (Å²) in [6.07, 6.45) is 3.29. The lowest BCUT2D eigenvalue weighted by molar-refractivity contribution is 0.211. The molecule has 0 aliphatic carbocycles. The number of hydrazone groups is 1. The SMILES string of the molecule is C=CCNC(=S)N/N=C/c1cc(Cl)c(OCCOc2ccc(C(C)(C)C)cc2)c(OC)c1. The molecule has 32 heavy (non-hydrogen) atoms. The Morgan fingerprint density at radius 1 is 1.16 bits per heavy atom. The van der Waals surface area contributed by atoms with Crippen molar-refractivity contribution in [2.24, 2.45) is 5.10 Å². The average Bonchev–Trinajstić information content (AvgIpc) is 2.75. The van der Waals surface area contributed by atoms with Gasteiger partial charge in [0.1, 0.15) is 19.0 Å². The molecule has 2 rings (SSSR count). The minimum atomic E-state index is 0.107. The Balaban J connectivity index is 1.91. The molecule has 0 saturated heterocycles. The molecule has 0 bridgehead atoms. The van der Waals surface area contributed by atoms with Crippen molar-refractivity contribution in [1.82, 2.24) is 10.7 Å². The van der Waals surface area contributed by atoms with Gasteiger partial charge in [0, 0.05) is 6.54 Å². The lowest BCUT2D eigenvalue weighted by atomic mass is 9.87. The van der Waals surface area contributed by atoms with Gasteiger partial charge in [0.05, 0.1) is 18.3 Å². The van der Waals surface area contributed by atoms with Crippen LogP contribution in [0.2, 0.25) is 5.02 Å². The molecule has 0 amide bonds. The van der Waals surface area contributed by atoms with Crippen LogP contribution in [0.4, 0.5) is 0 Å². The number of nitrogens with zero attached hydrogens (tertiary/aromatic N) is 1. The average molecular weight is 476 g/mol. The second-order valence-corrected chi connectivity index (χ2v) is 8.69. The van der Waals surface area contributed by atoms with E-state index in [4.69, 9.17) is 38.0 Å². The van der Waals surface area contributed by atoms with Crippen LogP contribution in [0.3, 0.4) is 0 Å². The molecular formula is C24H30ClN3O3S. The molecule has 0 spiro atoms. The number of thiocarbonyl (C=S) groups is 1. The fourth-order valence-corrected chi connectivity index (χ4v) is 3.09. The fourth-order valence-electron chi connectivity index (χ4n) is 2.68. The first-order valence-corrected chi connectivity index (χ1v) is 10.9. The Morgan fingerprint density at radius 3 is 2.47 bits per heavy atom. The van der Waals surface area contributed by atoms with Gasteiger partial charge < -0.3 is 19.5 Å². The molecule has 0 saturated carbocycles. The van der Waals surface area contributed by atoms with E-state index in [1.165, 1.54) is 5.56 Å². The van der Waals surface area contributed by atoms with Gasteiger partial charge in [-0.25, -0.2) is 0 Å². The summed E-state index contributed by atoms with van der Waals surface area (Å²) in [5, 5.41) is 7.81. The number of hydrogen-bond donors (Lipinski definition) is 2. The first-order valence-electron chi connectivity index (χ1n) is 10.2. The minimum Gasteiger partial charge on any atom is -0.493 e. The Bertz CT molecular complexity index is 941. The van der Waals surface area contributed by atoms with Gasteiger partial charge in [-0.15, -0.1) is 6.58 Å². The van der Waals surface area contributed by atoms with Gasteiger partial charge >= 0.3 is 0 Å². The second-order valence-electron chi connectivity index (χ2n) is 7.87. The third kappa shape index (κ3) is 8.05. The fraction of sp³-hybridized carbons (Fsp3) is 0.333. The van der Waals surface area contributed by atoms with Crippen molar-refractivity contribution in [2.75, 3.05) is 26.9 Å². The molecule has 0 fully saturated rings. The summed E-state index contributed by atoms with van der Waals surface area (Å²) in [7, 11) is 1.55. The summed E-state index contributed by atoms with van der Waals surface area (Å²) in [6.45, 7) is 11.4. The third-order valence-corrected chi connectivity index (χ3v) is 4.87. The maximum absolute atomic E-state index is 6.40. The van der Waals surface area contributed by atoms with Gasteiger partial charge in [-0.3, -0.25) is 5.43 Å². The minimum absolute atomic E-state index is 0.107. The smallest absolute Gasteiger partial charge is 0.187 e. The van der Waals surface area contributed by atoms with E-state index in [-0.39, 0.29) is 5.41 Å². The predicted octanol–water partition coefficient (Wildman–Crippen LogP) is 5.09. The summed E-state index contributed by atoms with van der Waals surface area (Å²) in [5.41, 5.74) is 4.81. The number of rotatable bonds is 10. The Kier molecular flexibility index (Phi) is 9.81. The second kappa shape index (κ2) is 12.3. The van der Waals surface area contributed by atoms with E-state index in [0.29, 0.717) is 41.4 Å². The molecule has 0 aliphatic rings. The highest BCUT2D eigenvalue weighted by Crippen LogP contribution is 2.36. The summed E-state index contributed by atoms with van der Waals surface area (Å²) < 4.78 is 17.0. The van der Waals surface area contributed by atoms with Crippen molar-refractivity contribution in [3.05, 3.63) is 65.2 Å². The largest absolute Gasteiger partial charge is 0.493 e. The van der Waals surface area contributed by atoms with E-state index >= 15 is 0 Å². The van der Waals surface area contributed by atoms with Gasteiger partial charge in [-0.2, -0.15) is 5.10 Å². The van der Waals surface area contributed by atoms with E-state index in [1.807, 2.05) is 12.1 Å². The van der Waals surface area contributed by atoms with Gasteiger partial charge in [-0.1, -0.05) is 50.6 Å². The lowest BCUT2D eigenvalue weighted by Crippen LogP contribution is -2.31. The van der Waals surface area contributed by atoms with Crippen LogP contribution in [0.15, 0.2) is 54.2 Å². The monoisotopic (exact) mass is 475 g/mol. The van der Waals surface area contributed by atoms with Crippen molar-refractivity contribution in [1.29, 1.82) is 0 Å². The number of nitrogens with one attached hydrogen (secondary N) is 2. The summed E-state index contributed by atoms with van der Waals surface area (Å²) in [6, 6.07) is 11.6. The van der Waals surface area contributed by atoms with Gasteiger partial charge in [0.15, 0.2) is 16.6 Å². The molecule has 172 valence electrons. The quantitative estimate of drug-likeness (QED) is 0.164. The molecule has 2 aromatic carbocycles. The molecule has 0 aromatic heterocycles. The van der Waals surface area contributed by atoms with Crippen LogP contribution in [0, 0.1) is 0 Å². The van der Waals surface area contributed by atoms with Crippen LogP contribution in [0.25, 0.3) is 0 Å². The zero-order valence-electron chi connectivity index (χ0n) is 18.9. The predicted molar refractivity (Wildman–Crippen MR) is 136 cm³/mol. The zero-order chi connectivity index (χ0) is 23.6. The maximum atomic E-state index is 6.40. The van der Waals surface area contributed by atoms with Crippen LogP contribution < -0.4 is 25.0 Å². The van der Waals surface area contributed by atoms with Crippen molar-refractivity contribution >= 4 is 35.1 Å². The summed E-state index contributed by atoms with van der Waals surface area (Å²) >= 11 is 11.5. The maximum Gasteiger partial charge on any atom is 0.187 e. The van der Waals surface area contributed by atoms with Crippen LogP contribution >= 0.6 is 23.8 Å². The Labute approximate surface area is 200 Å². The van der Waals surface area contributed by atoms with Crippen LogP contribution in [-0.2, 0) is 5.41 Å². The Hall–Kier alpha value is -2.77. The number of hydrogen-bond acceptors (Lipinski definition) is 5. The molecule has 6 nitrogen and oxygen atoms in total. The van der Waals surface area contributed by atoms with Crippen molar-refractivity contribution in [2.45, 2.75) is 26.2 Å². The molecule has 0 radical (unpaired) electrons. The van der Waals surface area contributed by atoms with Gasteiger partial charge in [0.25, 0.3) is 0 Å². The molecule has 0 heterocycles. The van der Waals surface area contributed by atoms with Crippen LogP contribution in [0.5, 0.6) is 17.2 Å². The number of ether oxygens (including phenoxy) is 3. The normalized spacial score (nSPS) is 11.2. The zero-order valence-corrected chi connectivity index (χ0v) is 20.5. The van der Waals surface area contributed by atoms with Crippen LogP contribution in [0.1, 0.15) is 31.9 Å². The van der Waals surface area contributed by atoms with Crippen molar-refractivity contribution < 1.29 is 14.2 Å². The van der Waals surface area contributed by atoms with Gasteiger partial charge in [-0.05, 0) is 53.0 Å². The molecule has 0 aliphatic heterocycles. The first kappa shape index (κ1) is 25.5. The number of methoxy groups -OCH3 is 1. The molecule has 2 N–H and O–H groups in total. The molecule has 2 aromatic rings. The van der Waals surface area contributed by atoms with Crippen LogP contribution in [-0.4, -0.2) is 38.2 Å². The molecule has 0 atom stereocenters. The van der Waals surface area contributed by atoms with E-state index in [0.717, 1.165) is 11.3 Å². The van der Waals surface area contributed by atoms with Crippen molar-refractivity contribution in [3.8, 4) is 17.2 Å².